The largest absolute Gasteiger partial charge is 0.455 e. The number of aryl methyl sites for hydroxylation is 1. The van der Waals surface area contributed by atoms with Gasteiger partial charge in [0, 0.05) is 6.20 Å². The van der Waals surface area contributed by atoms with E-state index in [9.17, 15) is 18.4 Å². The van der Waals surface area contributed by atoms with Crippen LogP contribution in [0.15, 0.2) is 42.6 Å². The highest BCUT2D eigenvalue weighted by atomic mass is 19.4. The topological polar surface area (TPSA) is 99.5 Å². The Balaban J connectivity index is 2.03. The number of tetrazole rings is 1. The third kappa shape index (κ3) is 5.19. The van der Waals surface area contributed by atoms with Crippen LogP contribution in [-0.4, -0.2) is 20.6 Å². The maximum Gasteiger partial charge on any atom is 0.416 e. The van der Waals surface area contributed by atoms with Crippen molar-refractivity contribution in [3.05, 3.63) is 65.1 Å². The number of anilines is 1. The molecule has 0 aliphatic heterocycles. The summed E-state index contributed by atoms with van der Waals surface area (Å²) in [5, 5.41) is 25.0. The molecule has 3 rings (SSSR count). The van der Waals surface area contributed by atoms with Gasteiger partial charge in [0.2, 0.25) is 5.82 Å². The molecule has 2 N–H and O–H groups in total. The van der Waals surface area contributed by atoms with Gasteiger partial charge in [-0.15, -0.1) is 10.2 Å². The van der Waals surface area contributed by atoms with Crippen molar-refractivity contribution in [1.82, 2.24) is 20.6 Å². The third-order valence-electron chi connectivity index (χ3n) is 4.40. The molecule has 3 aromatic rings. The fraction of sp³-hybridized carbons (Fsp3) is 0.238. The van der Waals surface area contributed by atoms with Gasteiger partial charge < -0.3 is 10.1 Å². The number of ether oxygens (including phenoxy) is 1. The quantitative estimate of drug-likeness (QED) is 0.509. The minimum atomic E-state index is -4.54. The molecule has 0 radical (unpaired) electrons. The number of nitriles is 1. The molecular formula is C21H19F3N6O. The standard InChI is InChI=1S/C21H19F3N6O/c1-12(2)16-6-4-13(3)8-19(16)31-18-7-5-15(21(22,23)24)9-17(18)26-11-14(10-25)20-27-29-30-28-20/h4-9,11-12,26H,1-3H3,(H,27,28,29,30). The van der Waals surface area contributed by atoms with Crippen molar-refractivity contribution in [3.63, 3.8) is 0 Å². The molecule has 0 fully saturated rings. The Morgan fingerprint density at radius 2 is 1.97 bits per heavy atom. The second-order valence-electron chi connectivity index (χ2n) is 7.06. The molecule has 0 amide bonds. The molecule has 0 spiro atoms. The lowest BCUT2D eigenvalue weighted by Crippen LogP contribution is -2.06. The lowest BCUT2D eigenvalue weighted by atomic mass is 10.0. The third-order valence-corrected chi connectivity index (χ3v) is 4.40. The van der Waals surface area contributed by atoms with E-state index in [2.05, 4.69) is 25.9 Å². The van der Waals surface area contributed by atoms with E-state index < -0.39 is 11.7 Å². The smallest absolute Gasteiger partial charge is 0.416 e. The van der Waals surface area contributed by atoms with E-state index in [1.807, 2.05) is 45.0 Å². The number of allylic oxidation sites excluding steroid dienone is 1. The predicted octanol–water partition coefficient (Wildman–Crippen LogP) is 5.42. The maximum atomic E-state index is 13.3. The number of nitrogens with one attached hydrogen (secondary N) is 2. The number of rotatable bonds is 6. The first-order chi connectivity index (χ1) is 14.7. The van der Waals surface area contributed by atoms with Crippen LogP contribution in [0, 0.1) is 18.3 Å². The Morgan fingerprint density at radius 3 is 2.58 bits per heavy atom. The highest BCUT2D eigenvalue weighted by Gasteiger charge is 2.31. The molecule has 0 aliphatic rings. The van der Waals surface area contributed by atoms with E-state index in [1.54, 1.807) is 0 Å². The van der Waals surface area contributed by atoms with Gasteiger partial charge in [-0.2, -0.15) is 23.6 Å². The van der Waals surface area contributed by atoms with Crippen molar-refractivity contribution in [3.8, 4) is 17.6 Å². The normalized spacial score (nSPS) is 12.0. The number of H-pyrrole nitrogens is 1. The second kappa shape index (κ2) is 8.87. The van der Waals surface area contributed by atoms with Crippen LogP contribution < -0.4 is 10.1 Å². The van der Waals surface area contributed by atoms with Gasteiger partial charge in [-0.3, -0.25) is 0 Å². The number of alkyl halides is 3. The summed E-state index contributed by atoms with van der Waals surface area (Å²) in [6.45, 7) is 5.89. The monoisotopic (exact) mass is 428 g/mol. The van der Waals surface area contributed by atoms with Gasteiger partial charge in [-0.05, 0) is 53.4 Å². The Morgan fingerprint density at radius 1 is 1.19 bits per heavy atom. The van der Waals surface area contributed by atoms with Crippen molar-refractivity contribution in [2.24, 2.45) is 0 Å². The van der Waals surface area contributed by atoms with Crippen LogP contribution in [0.4, 0.5) is 18.9 Å². The number of aromatic amines is 1. The van der Waals surface area contributed by atoms with E-state index >= 15 is 0 Å². The second-order valence-corrected chi connectivity index (χ2v) is 7.06. The Bertz CT molecular complexity index is 1130. The number of hydrogen-bond acceptors (Lipinski definition) is 6. The molecule has 1 aromatic heterocycles. The van der Waals surface area contributed by atoms with Gasteiger partial charge >= 0.3 is 6.18 Å². The first-order valence-electron chi connectivity index (χ1n) is 9.29. The summed E-state index contributed by atoms with van der Waals surface area (Å²) in [4.78, 5) is 0. The summed E-state index contributed by atoms with van der Waals surface area (Å²) in [7, 11) is 0. The first kappa shape index (κ1) is 21.8. The van der Waals surface area contributed by atoms with E-state index in [0.717, 1.165) is 23.3 Å². The minimum absolute atomic E-state index is 0.00484. The average Bonchev–Trinajstić information content (AvgIpc) is 3.23. The van der Waals surface area contributed by atoms with Crippen molar-refractivity contribution < 1.29 is 17.9 Å². The predicted molar refractivity (Wildman–Crippen MR) is 108 cm³/mol. The highest BCUT2D eigenvalue weighted by molar-refractivity contribution is 5.75. The summed E-state index contributed by atoms with van der Waals surface area (Å²) >= 11 is 0. The average molecular weight is 428 g/mol. The van der Waals surface area contributed by atoms with E-state index in [0.29, 0.717) is 5.75 Å². The van der Waals surface area contributed by atoms with E-state index in [1.165, 1.54) is 12.3 Å². The summed E-state index contributed by atoms with van der Waals surface area (Å²) in [5.74, 6) is 0.859. The molecule has 10 heteroatoms. The molecule has 1 heterocycles. The fourth-order valence-electron chi connectivity index (χ4n) is 2.81. The van der Waals surface area contributed by atoms with Gasteiger partial charge in [0.15, 0.2) is 5.75 Å². The van der Waals surface area contributed by atoms with Crippen LogP contribution in [0.3, 0.4) is 0 Å². The lowest BCUT2D eigenvalue weighted by molar-refractivity contribution is -0.137. The minimum Gasteiger partial charge on any atom is -0.455 e. The van der Waals surface area contributed by atoms with Gasteiger partial charge in [0.1, 0.15) is 17.4 Å². The zero-order chi connectivity index (χ0) is 22.6. The van der Waals surface area contributed by atoms with Crippen LogP contribution in [0.2, 0.25) is 0 Å². The first-order valence-corrected chi connectivity index (χ1v) is 9.29. The summed E-state index contributed by atoms with van der Waals surface area (Å²) in [6, 6.07) is 10.7. The molecule has 0 unspecified atom stereocenters. The molecule has 2 aromatic carbocycles. The zero-order valence-corrected chi connectivity index (χ0v) is 16.9. The number of aromatic nitrogens is 4. The van der Waals surface area contributed by atoms with Crippen molar-refractivity contribution in [1.29, 1.82) is 5.26 Å². The molecule has 7 nitrogen and oxygen atoms in total. The Hall–Kier alpha value is -3.87. The van der Waals surface area contributed by atoms with Crippen LogP contribution in [0.1, 0.15) is 42.3 Å². The molecule has 0 bridgehead atoms. The SMILES string of the molecule is Cc1ccc(C(C)C)c(Oc2ccc(C(F)(F)F)cc2NC=C(C#N)c2nn[nH]n2)c1. The molecule has 0 saturated heterocycles. The van der Waals surface area contributed by atoms with Crippen LogP contribution in [0.25, 0.3) is 5.57 Å². The molecule has 31 heavy (non-hydrogen) atoms. The number of halogens is 3. The Kier molecular flexibility index (Phi) is 6.25. The molecule has 160 valence electrons. The van der Waals surface area contributed by atoms with Crippen LogP contribution >= 0.6 is 0 Å². The zero-order valence-electron chi connectivity index (χ0n) is 16.9. The fourth-order valence-corrected chi connectivity index (χ4v) is 2.81. The Labute approximate surface area is 176 Å². The summed E-state index contributed by atoms with van der Waals surface area (Å²) in [5.41, 5.74) is 1.01. The highest BCUT2D eigenvalue weighted by Crippen LogP contribution is 2.39. The molecular weight excluding hydrogens is 409 g/mol. The molecule has 0 aliphatic carbocycles. The van der Waals surface area contributed by atoms with Crippen molar-refractivity contribution >= 4 is 11.3 Å². The maximum absolute atomic E-state index is 13.3. The molecule has 0 atom stereocenters. The lowest BCUT2D eigenvalue weighted by Gasteiger charge is -2.18. The van der Waals surface area contributed by atoms with Crippen LogP contribution in [0.5, 0.6) is 11.5 Å². The summed E-state index contributed by atoms with van der Waals surface area (Å²) < 4.78 is 45.8. The number of benzene rings is 2. The van der Waals surface area contributed by atoms with Gasteiger partial charge in [-0.25, -0.2) is 0 Å². The van der Waals surface area contributed by atoms with Crippen molar-refractivity contribution in [2.75, 3.05) is 5.32 Å². The van der Waals surface area contributed by atoms with Crippen LogP contribution in [-0.2, 0) is 6.18 Å². The number of hydrogen-bond donors (Lipinski definition) is 2. The van der Waals surface area contributed by atoms with Gasteiger partial charge in [-0.1, -0.05) is 26.0 Å². The van der Waals surface area contributed by atoms with Gasteiger partial charge in [0.05, 0.1) is 11.3 Å². The van der Waals surface area contributed by atoms with Crippen molar-refractivity contribution in [2.45, 2.75) is 32.9 Å². The molecule has 0 saturated carbocycles. The van der Waals surface area contributed by atoms with E-state index in [-0.39, 0.29) is 28.8 Å². The van der Waals surface area contributed by atoms with E-state index in [4.69, 9.17) is 4.74 Å². The summed E-state index contributed by atoms with van der Waals surface area (Å²) in [6.07, 6.45) is -3.34. The van der Waals surface area contributed by atoms with Gasteiger partial charge in [0.25, 0.3) is 0 Å². The number of nitrogens with zero attached hydrogens (tertiary/aromatic N) is 4.